The second-order valence-electron chi connectivity index (χ2n) is 4.83. The molecule has 2 aliphatic rings. The molecule has 0 radical (unpaired) electrons. The lowest BCUT2D eigenvalue weighted by Gasteiger charge is -2.35. The standard InChI is InChI=1S/C13H20O3/c1-2-16-12(14)9-11-7-6-10-5-3-4-8-13(10,11)15/h9-10,15H,2-8H2,1H3/b11-9+/t10-,13+/m0/s1. The van der Waals surface area contributed by atoms with E-state index in [4.69, 9.17) is 4.74 Å². The zero-order chi connectivity index (χ0) is 11.6. The molecule has 0 spiro atoms. The molecule has 0 saturated heterocycles. The normalized spacial score (nSPS) is 36.1. The van der Waals surface area contributed by atoms with Crippen LogP contribution in [0.5, 0.6) is 0 Å². The summed E-state index contributed by atoms with van der Waals surface area (Å²) in [6.07, 6.45) is 7.56. The maximum Gasteiger partial charge on any atom is 0.330 e. The monoisotopic (exact) mass is 224 g/mol. The van der Waals surface area contributed by atoms with Crippen LogP contribution in [-0.4, -0.2) is 23.3 Å². The van der Waals surface area contributed by atoms with Gasteiger partial charge in [-0.3, -0.25) is 0 Å². The van der Waals surface area contributed by atoms with Crippen LogP contribution in [0.1, 0.15) is 45.4 Å². The number of esters is 1. The van der Waals surface area contributed by atoms with Gasteiger partial charge in [0.2, 0.25) is 0 Å². The van der Waals surface area contributed by atoms with Crippen LogP contribution in [-0.2, 0) is 9.53 Å². The van der Waals surface area contributed by atoms with Crippen LogP contribution in [0.2, 0.25) is 0 Å². The molecule has 0 aromatic carbocycles. The summed E-state index contributed by atoms with van der Waals surface area (Å²) in [5.41, 5.74) is 0.195. The number of carbonyl (C=O) groups excluding carboxylic acids is 1. The second-order valence-corrected chi connectivity index (χ2v) is 4.83. The van der Waals surface area contributed by atoms with Gasteiger partial charge in [0, 0.05) is 6.08 Å². The van der Waals surface area contributed by atoms with Gasteiger partial charge in [-0.1, -0.05) is 12.8 Å². The van der Waals surface area contributed by atoms with Crippen LogP contribution in [0.4, 0.5) is 0 Å². The van der Waals surface area contributed by atoms with E-state index in [0.29, 0.717) is 12.5 Å². The molecule has 0 bridgehead atoms. The molecule has 3 heteroatoms. The van der Waals surface area contributed by atoms with E-state index >= 15 is 0 Å². The van der Waals surface area contributed by atoms with Gasteiger partial charge < -0.3 is 9.84 Å². The minimum atomic E-state index is -0.703. The van der Waals surface area contributed by atoms with Gasteiger partial charge >= 0.3 is 5.97 Å². The minimum Gasteiger partial charge on any atom is -0.463 e. The Morgan fingerprint density at radius 1 is 1.56 bits per heavy atom. The van der Waals surface area contributed by atoms with Crippen LogP contribution in [0.25, 0.3) is 0 Å². The summed E-state index contributed by atoms with van der Waals surface area (Å²) in [7, 11) is 0. The van der Waals surface area contributed by atoms with Crippen molar-refractivity contribution in [3.63, 3.8) is 0 Å². The average Bonchev–Trinajstić information content (AvgIpc) is 2.57. The molecule has 2 atom stereocenters. The number of ether oxygens (including phenoxy) is 1. The van der Waals surface area contributed by atoms with E-state index in [1.165, 1.54) is 12.5 Å². The third-order valence-corrected chi connectivity index (χ3v) is 3.93. The zero-order valence-corrected chi connectivity index (χ0v) is 9.87. The lowest BCUT2D eigenvalue weighted by molar-refractivity contribution is -0.137. The predicted octanol–water partition coefficient (Wildman–Crippen LogP) is 2.19. The third-order valence-electron chi connectivity index (χ3n) is 3.93. The quantitative estimate of drug-likeness (QED) is 0.577. The maximum atomic E-state index is 11.4. The first-order chi connectivity index (χ1) is 7.66. The van der Waals surface area contributed by atoms with E-state index in [9.17, 15) is 9.90 Å². The van der Waals surface area contributed by atoms with Gasteiger partial charge in [-0.15, -0.1) is 0 Å². The Balaban J connectivity index is 2.13. The lowest BCUT2D eigenvalue weighted by atomic mass is 9.76. The molecule has 2 saturated carbocycles. The van der Waals surface area contributed by atoms with Crippen molar-refractivity contribution in [1.82, 2.24) is 0 Å². The summed E-state index contributed by atoms with van der Waals surface area (Å²) >= 11 is 0. The Bertz CT molecular complexity index is 308. The van der Waals surface area contributed by atoms with Crippen molar-refractivity contribution < 1.29 is 14.6 Å². The Morgan fingerprint density at radius 2 is 2.38 bits per heavy atom. The highest BCUT2D eigenvalue weighted by atomic mass is 16.5. The summed E-state index contributed by atoms with van der Waals surface area (Å²) in [5, 5.41) is 10.6. The number of hydrogen-bond acceptors (Lipinski definition) is 3. The number of fused-ring (bicyclic) bond motifs is 1. The summed E-state index contributed by atoms with van der Waals surface area (Å²) in [6, 6.07) is 0. The fraction of sp³-hybridized carbons (Fsp3) is 0.769. The maximum absolute atomic E-state index is 11.4. The van der Waals surface area contributed by atoms with Crippen LogP contribution in [0, 0.1) is 5.92 Å². The Hall–Kier alpha value is -0.830. The Morgan fingerprint density at radius 3 is 3.12 bits per heavy atom. The second kappa shape index (κ2) is 4.58. The molecule has 3 nitrogen and oxygen atoms in total. The molecule has 0 amide bonds. The van der Waals surface area contributed by atoms with Gasteiger partial charge in [-0.25, -0.2) is 4.79 Å². The first-order valence-electron chi connectivity index (χ1n) is 6.27. The lowest BCUT2D eigenvalue weighted by Crippen LogP contribution is -2.37. The molecule has 16 heavy (non-hydrogen) atoms. The zero-order valence-electron chi connectivity index (χ0n) is 9.87. The van der Waals surface area contributed by atoms with Crippen molar-refractivity contribution in [2.24, 2.45) is 5.92 Å². The highest BCUT2D eigenvalue weighted by molar-refractivity contribution is 5.83. The molecule has 2 aliphatic carbocycles. The van der Waals surface area contributed by atoms with Gasteiger partial charge in [0.25, 0.3) is 0 Å². The average molecular weight is 224 g/mol. The highest BCUT2D eigenvalue weighted by Gasteiger charge is 2.46. The number of aliphatic hydroxyl groups is 1. The van der Waals surface area contributed by atoms with Crippen molar-refractivity contribution in [2.45, 2.75) is 51.0 Å². The molecule has 90 valence electrons. The molecule has 0 heterocycles. The fourth-order valence-electron chi connectivity index (χ4n) is 3.10. The van der Waals surface area contributed by atoms with E-state index in [0.717, 1.165) is 37.7 Å². The molecule has 0 aliphatic heterocycles. The number of rotatable bonds is 2. The first kappa shape index (κ1) is 11.6. The molecule has 0 unspecified atom stereocenters. The van der Waals surface area contributed by atoms with Crippen molar-refractivity contribution in [3.8, 4) is 0 Å². The Kier molecular flexibility index (Phi) is 3.33. The fourth-order valence-corrected chi connectivity index (χ4v) is 3.10. The predicted molar refractivity (Wildman–Crippen MR) is 60.9 cm³/mol. The van der Waals surface area contributed by atoms with Gasteiger partial charge in [0.05, 0.1) is 12.2 Å². The topological polar surface area (TPSA) is 46.5 Å². The van der Waals surface area contributed by atoms with E-state index in [1.807, 2.05) is 0 Å². The summed E-state index contributed by atoms with van der Waals surface area (Å²) in [5.74, 6) is 0.0547. The number of carbonyl (C=O) groups is 1. The van der Waals surface area contributed by atoms with Crippen molar-refractivity contribution in [3.05, 3.63) is 11.6 Å². The molecule has 2 rings (SSSR count). The molecule has 0 aromatic heterocycles. The molecule has 2 fully saturated rings. The SMILES string of the molecule is CCOC(=O)/C=C1\CC[C@@H]2CCCC[C@]12O. The molecule has 1 N–H and O–H groups in total. The minimum absolute atomic E-state index is 0.308. The molecule has 0 aromatic rings. The van der Waals surface area contributed by atoms with Gasteiger partial charge in [0.1, 0.15) is 0 Å². The Labute approximate surface area is 96.5 Å². The van der Waals surface area contributed by atoms with Crippen LogP contribution < -0.4 is 0 Å². The van der Waals surface area contributed by atoms with Gasteiger partial charge in [-0.05, 0) is 44.1 Å². The van der Waals surface area contributed by atoms with E-state index in [-0.39, 0.29) is 5.97 Å². The van der Waals surface area contributed by atoms with Gasteiger partial charge in [-0.2, -0.15) is 0 Å². The van der Waals surface area contributed by atoms with Gasteiger partial charge in [0.15, 0.2) is 0 Å². The molecular weight excluding hydrogens is 204 g/mol. The third kappa shape index (κ3) is 2.01. The van der Waals surface area contributed by atoms with E-state index in [1.54, 1.807) is 6.92 Å². The van der Waals surface area contributed by atoms with Crippen LogP contribution in [0.15, 0.2) is 11.6 Å². The number of hydrogen-bond donors (Lipinski definition) is 1. The first-order valence-corrected chi connectivity index (χ1v) is 6.27. The molecular formula is C13H20O3. The highest BCUT2D eigenvalue weighted by Crippen LogP contribution is 2.48. The van der Waals surface area contributed by atoms with Crippen molar-refractivity contribution in [1.29, 1.82) is 0 Å². The largest absolute Gasteiger partial charge is 0.463 e. The van der Waals surface area contributed by atoms with Crippen LogP contribution >= 0.6 is 0 Å². The van der Waals surface area contributed by atoms with Crippen molar-refractivity contribution in [2.75, 3.05) is 6.61 Å². The smallest absolute Gasteiger partial charge is 0.330 e. The summed E-state index contributed by atoms with van der Waals surface area (Å²) < 4.78 is 4.90. The van der Waals surface area contributed by atoms with E-state index in [2.05, 4.69) is 0 Å². The van der Waals surface area contributed by atoms with E-state index < -0.39 is 5.60 Å². The van der Waals surface area contributed by atoms with Crippen LogP contribution in [0.3, 0.4) is 0 Å². The van der Waals surface area contributed by atoms with Crippen molar-refractivity contribution >= 4 is 5.97 Å². The summed E-state index contributed by atoms with van der Waals surface area (Å²) in [6.45, 7) is 2.19. The summed E-state index contributed by atoms with van der Waals surface area (Å²) in [4.78, 5) is 11.4.